The van der Waals surface area contributed by atoms with Crippen LogP contribution in [0.25, 0.3) is 0 Å². The van der Waals surface area contributed by atoms with Gasteiger partial charge in [-0.1, -0.05) is 19.9 Å². The summed E-state index contributed by atoms with van der Waals surface area (Å²) in [5, 5.41) is 27.2. The maximum atomic E-state index is 10.6. The fourth-order valence-corrected chi connectivity index (χ4v) is 0.994. The molecule has 5 nitrogen and oxygen atoms in total. The van der Waals surface area contributed by atoms with Crippen LogP contribution in [0.1, 0.15) is 20.3 Å². The second kappa shape index (κ2) is 5.49. The second-order valence-corrected chi connectivity index (χ2v) is 3.95. The summed E-state index contributed by atoms with van der Waals surface area (Å²) in [6, 6.07) is 1.81. The molecule has 0 aliphatic heterocycles. The van der Waals surface area contributed by atoms with Gasteiger partial charge in [0, 0.05) is 17.9 Å². The summed E-state index contributed by atoms with van der Waals surface area (Å²) >= 11 is 0. The van der Waals surface area contributed by atoms with E-state index in [9.17, 15) is 9.90 Å². The molecule has 0 saturated heterocycles. The molecule has 1 amide bonds. The van der Waals surface area contributed by atoms with E-state index in [1.165, 1.54) is 12.2 Å². The molecule has 0 unspecified atom stereocenters. The van der Waals surface area contributed by atoms with Gasteiger partial charge < -0.3 is 15.9 Å². The molecule has 4 N–H and O–H groups in total. The van der Waals surface area contributed by atoms with Crippen molar-refractivity contribution in [2.45, 2.75) is 32.5 Å². The molecule has 0 rings (SSSR count). The lowest BCUT2D eigenvalue weighted by Crippen LogP contribution is -2.37. The Balaban J connectivity index is 4.44. The van der Waals surface area contributed by atoms with Crippen LogP contribution >= 0.6 is 0 Å². The zero-order chi connectivity index (χ0) is 12.1. The number of primary amides is 1. The predicted octanol–water partition coefficient (Wildman–Crippen LogP) is -0.310. The minimum Gasteiger partial charge on any atom is -0.392 e. The Morgan fingerprint density at radius 3 is 2.53 bits per heavy atom. The molecule has 0 heterocycles. The quantitative estimate of drug-likeness (QED) is 0.543. The molecule has 15 heavy (non-hydrogen) atoms. The number of aliphatic hydroxyl groups excluding tert-OH is 2. The maximum absolute atomic E-state index is 10.6. The van der Waals surface area contributed by atoms with Crippen molar-refractivity contribution < 1.29 is 15.0 Å². The fourth-order valence-electron chi connectivity index (χ4n) is 0.994. The first-order chi connectivity index (χ1) is 6.81. The van der Waals surface area contributed by atoms with Gasteiger partial charge in [0.25, 0.3) is 0 Å². The molecule has 0 aliphatic rings. The van der Waals surface area contributed by atoms with Crippen molar-refractivity contribution in [1.82, 2.24) is 0 Å². The highest BCUT2D eigenvalue weighted by Gasteiger charge is 2.28. The van der Waals surface area contributed by atoms with E-state index in [1.807, 2.05) is 6.07 Å². The number of aliphatic hydroxyl groups is 2. The number of carbonyl (C=O) groups excluding carboxylic acids is 1. The zero-order valence-electron chi connectivity index (χ0n) is 8.84. The number of nitrogens with zero attached hydrogens (tertiary/aromatic N) is 1. The van der Waals surface area contributed by atoms with Crippen molar-refractivity contribution in [1.29, 1.82) is 5.26 Å². The Labute approximate surface area is 88.8 Å². The monoisotopic (exact) mass is 212 g/mol. The van der Waals surface area contributed by atoms with Crippen LogP contribution in [0.4, 0.5) is 0 Å². The third-order valence-electron chi connectivity index (χ3n) is 2.22. The topological polar surface area (TPSA) is 107 Å². The van der Waals surface area contributed by atoms with Gasteiger partial charge >= 0.3 is 0 Å². The van der Waals surface area contributed by atoms with Crippen LogP contribution in [0.15, 0.2) is 12.2 Å². The van der Waals surface area contributed by atoms with Crippen molar-refractivity contribution in [2.24, 2.45) is 11.1 Å². The Morgan fingerprint density at radius 1 is 1.60 bits per heavy atom. The van der Waals surface area contributed by atoms with E-state index in [0.717, 1.165) is 0 Å². The van der Waals surface area contributed by atoms with Gasteiger partial charge in [-0.2, -0.15) is 5.26 Å². The number of hydrogen-bond acceptors (Lipinski definition) is 4. The molecule has 0 saturated carbocycles. The number of hydrogen-bond donors (Lipinski definition) is 3. The van der Waals surface area contributed by atoms with Gasteiger partial charge in [-0.25, -0.2) is 0 Å². The standard InChI is InChI=1S/C10H16N2O3/c1-10(2,4-3-5-11)8(14)6-7(13)9(12)15/h3-4,7-8,13-14H,6H2,1-2H3,(H2,12,15)/b4-3+/t7-,8+/m0/s1. The Bertz CT molecular complexity index is 292. The van der Waals surface area contributed by atoms with Crippen LogP contribution in [0.5, 0.6) is 0 Å². The van der Waals surface area contributed by atoms with E-state index in [4.69, 9.17) is 16.1 Å². The molecular formula is C10H16N2O3. The average Bonchev–Trinajstić information content (AvgIpc) is 2.14. The first-order valence-corrected chi connectivity index (χ1v) is 4.54. The normalized spacial score (nSPS) is 15.9. The van der Waals surface area contributed by atoms with Gasteiger partial charge in [0.05, 0.1) is 12.2 Å². The van der Waals surface area contributed by atoms with Gasteiger partial charge in [-0.3, -0.25) is 4.79 Å². The summed E-state index contributed by atoms with van der Waals surface area (Å²) in [6.07, 6.45) is 0.322. The smallest absolute Gasteiger partial charge is 0.246 e. The predicted molar refractivity (Wildman–Crippen MR) is 54.4 cm³/mol. The van der Waals surface area contributed by atoms with Crippen LogP contribution in [0.2, 0.25) is 0 Å². The molecule has 0 fully saturated rings. The SMILES string of the molecule is CC(C)(/C=C/C#N)[C@H](O)C[C@H](O)C(N)=O. The van der Waals surface area contributed by atoms with Gasteiger partial charge in [0.1, 0.15) is 6.10 Å². The summed E-state index contributed by atoms with van der Waals surface area (Å²) in [6.45, 7) is 3.39. The third kappa shape index (κ3) is 4.58. The minimum absolute atomic E-state index is 0.141. The van der Waals surface area contributed by atoms with E-state index in [1.54, 1.807) is 13.8 Å². The lowest BCUT2D eigenvalue weighted by atomic mass is 9.83. The maximum Gasteiger partial charge on any atom is 0.246 e. The Morgan fingerprint density at radius 2 is 2.13 bits per heavy atom. The minimum atomic E-state index is -1.37. The highest BCUT2D eigenvalue weighted by molar-refractivity contribution is 5.78. The summed E-state index contributed by atoms with van der Waals surface area (Å²) in [7, 11) is 0. The van der Waals surface area contributed by atoms with E-state index >= 15 is 0 Å². The molecule has 0 spiro atoms. The zero-order valence-corrected chi connectivity index (χ0v) is 8.84. The molecule has 84 valence electrons. The first-order valence-electron chi connectivity index (χ1n) is 4.54. The largest absolute Gasteiger partial charge is 0.392 e. The fraction of sp³-hybridized carbons (Fsp3) is 0.600. The van der Waals surface area contributed by atoms with E-state index < -0.39 is 23.5 Å². The highest BCUT2D eigenvalue weighted by Crippen LogP contribution is 2.25. The third-order valence-corrected chi connectivity index (χ3v) is 2.22. The molecule has 0 bridgehead atoms. The van der Waals surface area contributed by atoms with E-state index in [-0.39, 0.29) is 6.42 Å². The van der Waals surface area contributed by atoms with Gasteiger partial charge in [-0.15, -0.1) is 0 Å². The number of allylic oxidation sites excluding steroid dienone is 1. The molecule has 5 heteroatoms. The van der Waals surface area contributed by atoms with E-state index in [2.05, 4.69) is 0 Å². The van der Waals surface area contributed by atoms with Gasteiger partial charge in [-0.05, 0) is 0 Å². The molecular weight excluding hydrogens is 196 g/mol. The lowest BCUT2D eigenvalue weighted by molar-refractivity contribution is -0.128. The van der Waals surface area contributed by atoms with Gasteiger partial charge in [0.2, 0.25) is 5.91 Å². The van der Waals surface area contributed by atoms with Gasteiger partial charge in [0.15, 0.2) is 0 Å². The molecule has 2 atom stereocenters. The van der Waals surface area contributed by atoms with Crippen molar-refractivity contribution in [3.8, 4) is 6.07 Å². The number of carbonyl (C=O) groups is 1. The van der Waals surface area contributed by atoms with Crippen LogP contribution < -0.4 is 5.73 Å². The second-order valence-electron chi connectivity index (χ2n) is 3.95. The average molecular weight is 212 g/mol. The van der Waals surface area contributed by atoms with Crippen molar-refractivity contribution >= 4 is 5.91 Å². The molecule has 0 aliphatic carbocycles. The number of amides is 1. The molecule has 0 aromatic rings. The number of nitriles is 1. The van der Waals surface area contributed by atoms with Crippen LogP contribution in [0.3, 0.4) is 0 Å². The number of rotatable bonds is 5. The van der Waals surface area contributed by atoms with Crippen molar-refractivity contribution in [3.05, 3.63) is 12.2 Å². The molecule has 0 radical (unpaired) electrons. The van der Waals surface area contributed by atoms with Crippen LogP contribution in [-0.2, 0) is 4.79 Å². The van der Waals surface area contributed by atoms with Crippen molar-refractivity contribution in [2.75, 3.05) is 0 Å². The van der Waals surface area contributed by atoms with E-state index in [0.29, 0.717) is 0 Å². The van der Waals surface area contributed by atoms with Crippen LogP contribution in [0, 0.1) is 16.7 Å². The van der Waals surface area contributed by atoms with Crippen molar-refractivity contribution in [3.63, 3.8) is 0 Å². The highest BCUT2D eigenvalue weighted by atomic mass is 16.3. The Kier molecular flexibility index (Phi) is 4.98. The molecule has 0 aromatic heterocycles. The summed E-state index contributed by atoms with van der Waals surface area (Å²) in [5.41, 5.74) is 4.17. The molecule has 0 aromatic carbocycles. The van der Waals surface area contributed by atoms with Crippen LogP contribution in [-0.4, -0.2) is 28.3 Å². The lowest BCUT2D eigenvalue weighted by Gasteiger charge is -2.27. The summed E-state index contributed by atoms with van der Waals surface area (Å²) in [4.78, 5) is 10.6. The summed E-state index contributed by atoms with van der Waals surface area (Å²) in [5.74, 6) is -0.867. The Hall–Kier alpha value is -1.38. The number of nitrogens with two attached hydrogens (primary N) is 1. The summed E-state index contributed by atoms with van der Waals surface area (Å²) < 4.78 is 0. The first kappa shape index (κ1) is 13.6.